The molecule has 8 atom stereocenters. The van der Waals surface area contributed by atoms with Gasteiger partial charge in [0, 0.05) is 5.02 Å². The number of carboxylic acids is 2. The summed E-state index contributed by atoms with van der Waals surface area (Å²) in [4.78, 5) is 27.7. The van der Waals surface area contributed by atoms with Crippen LogP contribution in [0.4, 0.5) is 5.69 Å². The number of hydrogen-bond donors (Lipinski definition) is 15. The van der Waals surface area contributed by atoms with Crippen molar-refractivity contribution in [3.05, 3.63) is 29.3 Å². The van der Waals surface area contributed by atoms with Crippen molar-refractivity contribution < 1.29 is 70.9 Å². The van der Waals surface area contributed by atoms with Gasteiger partial charge in [-0.05, 0) is 24.3 Å². The highest BCUT2D eigenvalue weighted by atomic mass is 35.5. The molecule has 0 saturated carbocycles. The van der Waals surface area contributed by atoms with E-state index < -0.39 is 74.0 Å². The molecule has 0 bridgehead atoms. The Morgan fingerprint density at radius 1 is 0.700 bits per heavy atom. The van der Waals surface area contributed by atoms with Crippen molar-refractivity contribution in [2.75, 3.05) is 13.2 Å². The second-order valence-electron chi connectivity index (χ2n) is 7.51. The van der Waals surface area contributed by atoms with Gasteiger partial charge in [0.1, 0.15) is 36.6 Å². The van der Waals surface area contributed by atoms with Gasteiger partial charge in [0.05, 0.1) is 18.9 Å². The number of carbonyl (C=O) groups is 2. The van der Waals surface area contributed by atoms with E-state index in [1.807, 2.05) is 0 Å². The van der Waals surface area contributed by atoms with E-state index in [2.05, 4.69) is 9.98 Å². The van der Waals surface area contributed by atoms with E-state index in [0.717, 1.165) is 0 Å². The van der Waals surface area contributed by atoms with Crippen LogP contribution in [-0.2, 0) is 9.59 Å². The zero-order chi connectivity index (χ0) is 31.7. The number of carboxylic acid groups (broad SMARTS) is 2. The van der Waals surface area contributed by atoms with E-state index in [1.165, 1.54) is 0 Å². The molecule has 230 valence electrons. The number of aliphatic imine (C=N–C) groups is 2. The summed E-state index contributed by atoms with van der Waals surface area (Å²) in [6.07, 6.45) is -15.7. The van der Waals surface area contributed by atoms with Crippen LogP contribution in [0, 0.1) is 0 Å². The van der Waals surface area contributed by atoms with Crippen molar-refractivity contribution in [3.8, 4) is 0 Å². The van der Waals surface area contributed by atoms with E-state index in [4.69, 9.17) is 90.1 Å². The first-order valence-electron chi connectivity index (χ1n) is 10.7. The number of nitrogens with two attached hydrogens (primary N) is 3. The maximum absolute atomic E-state index is 10.1. The van der Waals surface area contributed by atoms with Gasteiger partial charge in [-0.25, -0.2) is 14.6 Å². The Morgan fingerprint density at radius 2 is 1.05 bits per heavy atom. The fourth-order valence-electron chi connectivity index (χ4n) is 2.14. The summed E-state index contributed by atoms with van der Waals surface area (Å²) in [5.41, 5.74) is 16.3. The molecule has 40 heavy (non-hydrogen) atoms. The standard InChI is InChI=1S/C8H10ClN5.2C6H12O7/c9-5-1-3-6(4-2-5)13-8(12)14-7(10)11;2*7-1-2(8)3(9)4(10)5(11)6(12)13/h1-4H,(H6,10,11,12,13,14);2*2-5,7-11H,1H2,(H,12,13)/t;2*2-,3-,4+,5-/m.11/s1. The fourth-order valence-corrected chi connectivity index (χ4v) is 2.27. The van der Waals surface area contributed by atoms with Crippen molar-refractivity contribution in [1.82, 2.24) is 0 Å². The van der Waals surface area contributed by atoms with Crippen LogP contribution in [0.5, 0.6) is 0 Å². The van der Waals surface area contributed by atoms with Gasteiger partial charge in [-0.2, -0.15) is 4.99 Å². The Hall–Kier alpha value is -3.21. The van der Waals surface area contributed by atoms with Crippen molar-refractivity contribution in [3.63, 3.8) is 0 Å². The molecule has 0 radical (unpaired) electrons. The van der Waals surface area contributed by atoms with Crippen molar-refractivity contribution in [2.24, 2.45) is 27.2 Å². The smallest absolute Gasteiger partial charge is 0.335 e. The SMILES string of the molecule is NC(N)=NC(N)=Nc1ccc(Cl)cc1.O=C(O)[C@H](O)[C@@H](O)[C@H](O)[C@H](O)CO.O=C(O)[C@H](O)[C@@H](O)[C@H](O)[C@H](O)CO. The molecular formula is C20H34ClN5O14. The van der Waals surface area contributed by atoms with Crippen LogP contribution >= 0.6 is 11.6 Å². The van der Waals surface area contributed by atoms with E-state index in [0.29, 0.717) is 10.7 Å². The molecule has 0 fully saturated rings. The van der Waals surface area contributed by atoms with Crippen molar-refractivity contribution in [1.29, 1.82) is 0 Å². The molecule has 0 heterocycles. The highest BCUT2D eigenvalue weighted by Gasteiger charge is 2.34. The summed E-state index contributed by atoms with van der Waals surface area (Å²) >= 11 is 5.69. The van der Waals surface area contributed by atoms with Crippen LogP contribution in [0.25, 0.3) is 0 Å². The van der Waals surface area contributed by atoms with Crippen LogP contribution in [-0.4, -0.2) is 147 Å². The third-order valence-electron chi connectivity index (χ3n) is 4.33. The summed E-state index contributed by atoms with van der Waals surface area (Å²) in [5.74, 6) is -3.57. The van der Waals surface area contributed by atoms with Gasteiger partial charge in [-0.3, -0.25) is 0 Å². The number of aliphatic hydroxyl groups is 10. The molecule has 1 aromatic rings. The average Bonchev–Trinajstić information content (AvgIpc) is 2.90. The third-order valence-corrected chi connectivity index (χ3v) is 4.58. The third kappa shape index (κ3) is 15.4. The minimum atomic E-state index is -2.20. The quantitative estimate of drug-likeness (QED) is 0.0824. The Balaban J connectivity index is 0. The lowest BCUT2D eigenvalue weighted by atomic mass is 10.0. The number of rotatable bonds is 11. The molecule has 0 saturated heterocycles. The van der Waals surface area contributed by atoms with Crippen LogP contribution in [0.1, 0.15) is 0 Å². The van der Waals surface area contributed by atoms with Gasteiger partial charge in [0.2, 0.25) is 5.96 Å². The van der Waals surface area contributed by atoms with E-state index >= 15 is 0 Å². The molecule has 1 aromatic carbocycles. The Bertz CT molecular complexity index is 912. The summed E-state index contributed by atoms with van der Waals surface area (Å²) < 4.78 is 0. The molecule has 0 aliphatic heterocycles. The molecule has 1 rings (SSSR count). The first-order chi connectivity index (χ1) is 18.4. The first kappa shape index (κ1) is 38.9. The van der Waals surface area contributed by atoms with Gasteiger partial charge in [0.15, 0.2) is 18.2 Å². The molecule has 0 aromatic heterocycles. The fraction of sp³-hybridized carbons (Fsp3) is 0.500. The second-order valence-corrected chi connectivity index (χ2v) is 7.95. The highest BCUT2D eigenvalue weighted by Crippen LogP contribution is 2.16. The Kier molecular flexibility index (Phi) is 19.3. The summed E-state index contributed by atoms with van der Waals surface area (Å²) in [7, 11) is 0. The van der Waals surface area contributed by atoms with Crippen molar-refractivity contribution in [2.45, 2.75) is 48.8 Å². The minimum absolute atomic E-state index is 0.00678. The topological polar surface area (TPSA) is 380 Å². The predicted octanol–water partition coefficient (Wildman–Crippen LogP) is -6.43. The molecule has 0 aliphatic carbocycles. The van der Waals surface area contributed by atoms with Gasteiger partial charge < -0.3 is 78.5 Å². The van der Waals surface area contributed by atoms with Gasteiger partial charge in [0.25, 0.3) is 0 Å². The lowest BCUT2D eigenvalue weighted by Gasteiger charge is -2.23. The lowest BCUT2D eigenvalue weighted by Crippen LogP contribution is -2.48. The zero-order valence-electron chi connectivity index (χ0n) is 20.5. The van der Waals surface area contributed by atoms with Crippen LogP contribution in [0.2, 0.25) is 5.02 Å². The van der Waals surface area contributed by atoms with Gasteiger partial charge in [-0.1, -0.05) is 11.6 Å². The normalized spacial score (nSPS) is 17.1. The Labute approximate surface area is 231 Å². The van der Waals surface area contributed by atoms with Crippen LogP contribution in [0.3, 0.4) is 0 Å². The number of benzene rings is 1. The van der Waals surface area contributed by atoms with E-state index in [9.17, 15) is 9.59 Å². The molecule has 0 aliphatic rings. The average molecular weight is 604 g/mol. The summed E-state index contributed by atoms with van der Waals surface area (Å²) in [6, 6.07) is 6.81. The number of halogens is 1. The predicted molar refractivity (Wildman–Crippen MR) is 136 cm³/mol. The minimum Gasteiger partial charge on any atom is -0.479 e. The molecular weight excluding hydrogens is 570 g/mol. The largest absolute Gasteiger partial charge is 0.479 e. The molecule has 18 N–H and O–H groups in total. The molecule has 0 spiro atoms. The number of aliphatic carboxylic acids is 2. The molecule has 0 amide bonds. The monoisotopic (exact) mass is 603 g/mol. The van der Waals surface area contributed by atoms with Crippen LogP contribution < -0.4 is 17.2 Å². The number of nitrogens with zero attached hydrogens (tertiary/aromatic N) is 2. The van der Waals surface area contributed by atoms with E-state index in [1.54, 1.807) is 24.3 Å². The number of aliphatic hydroxyl groups excluding tert-OH is 10. The van der Waals surface area contributed by atoms with Crippen molar-refractivity contribution >= 4 is 41.1 Å². The van der Waals surface area contributed by atoms with Crippen LogP contribution in [0.15, 0.2) is 34.3 Å². The lowest BCUT2D eigenvalue weighted by molar-refractivity contribution is -0.164. The van der Waals surface area contributed by atoms with Gasteiger partial charge >= 0.3 is 11.9 Å². The number of guanidine groups is 2. The maximum Gasteiger partial charge on any atom is 0.335 e. The molecule has 20 heteroatoms. The second kappa shape index (κ2) is 19.8. The van der Waals surface area contributed by atoms with E-state index in [-0.39, 0.29) is 11.9 Å². The first-order valence-corrected chi connectivity index (χ1v) is 11.1. The molecule has 19 nitrogen and oxygen atoms in total. The highest BCUT2D eigenvalue weighted by molar-refractivity contribution is 6.30. The number of hydrogen-bond acceptors (Lipinski definition) is 13. The zero-order valence-corrected chi connectivity index (χ0v) is 21.3. The molecule has 0 unspecified atom stereocenters. The van der Waals surface area contributed by atoms with Gasteiger partial charge in [-0.15, -0.1) is 0 Å². The maximum atomic E-state index is 10.1. The summed E-state index contributed by atoms with van der Waals surface area (Å²) in [5, 5.41) is 104. The Morgan fingerprint density at radius 3 is 1.32 bits per heavy atom. The summed E-state index contributed by atoms with van der Waals surface area (Å²) in [6.45, 7) is -1.69.